The summed E-state index contributed by atoms with van der Waals surface area (Å²) in [5, 5.41) is 3.97. The maximum atomic E-state index is 6.40. The first-order valence-corrected chi connectivity index (χ1v) is 7.45. The van der Waals surface area contributed by atoms with Gasteiger partial charge in [0.1, 0.15) is 5.82 Å². The maximum absolute atomic E-state index is 6.40. The molecule has 0 amide bonds. The number of benzene rings is 2. The number of para-hydroxylation sites is 2. The highest BCUT2D eigenvalue weighted by atomic mass is 35.5. The van der Waals surface area contributed by atoms with Crippen LogP contribution in [0.1, 0.15) is 19.9 Å². The molecule has 0 atom stereocenters. The number of fused-ring (bicyclic) bond motifs is 1. The van der Waals surface area contributed by atoms with Gasteiger partial charge in [-0.3, -0.25) is 0 Å². The van der Waals surface area contributed by atoms with Crippen LogP contribution in [0.4, 0.5) is 5.69 Å². The topological polar surface area (TPSA) is 29.9 Å². The van der Waals surface area contributed by atoms with Gasteiger partial charge in [-0.25, -0.2) is 4.98 Å². The highest BCUT2D eigenvalue weighted by Crippen LogP contribution is 2.35. The number of nitrogens with zero attached hydrogens (tertiary/aromatic N) is 2. The molecule has 0 bridgehead atoms. The molecular weight excluding hydrogens is 282 g/mol. The van der Waals surface area contributed by atoms with E-state index >= 15 is 0 Å². The van der Waals surface area contributed by atoms with Crippen LogP contribution in [0, 0.1) is 0 Å². The normalized spacial score (nSPS) is 11.3. The third-order valence-electron chi connectivity index (χ3n) is 3.61. The van der Waals surface area contributed by atoms with Gasteiger partial charge in [-0.05, 0) is 38.1 Å². The molecular formula is C17H18ClN3. The van der Waals surface area contributed by atoms with Crippen molar-refractivity contribution in [3.8, 4) is 11.4 Å². The zero-order valence-electron chi connectivity index (χ0n) is 12.4. The number of nitrogens with one attached hydrogen (secondary N) is 1. The molecule has 0 spiro atoms. The van der Waals surface area contributed by atoms with Crippen LogP contribution in [0.3, 0.4) is 0 Å². The highest BCUT2D eigenvalue weighted by molar-refractivity contribution is 6.35. The molecule has 0 saturated heterocycles. The second-order valence-electron chi connectivity index (χ2n) is 5.30. The van der Waals surface area contributed by atoms with Crippen molar-refractivity contribution in [2.45, 2.75) is 19.9 Å². The SMILES string of the molecule is CNc1ccccc1-c1nc2cccc(Cl)c2n1C(C)C. The molecule has 0 fully saturated rings. The lowest BCUT2D eigenvalue weighted by Gasteiger charge is -2.15. The predicted molar refractivity (Wildman–Crippen MR) is 90.1 cm³/mol. The second kappa shape index (κ2) is 5.41. The molecule has 3 rings (SSSR count). The molecule has 2 aromatic carbocycles. The Hall–Kier alpha value is -2.00. The lowest BCUT2D eigenvalue weighted by atomic mass is 10.1. The van der Waals surface area contributed by atoms with Gasteiger partial charge in [0.15, 0.2) is 0 Å². The number of imidazole rings is 1. The Morgan fingerprint density at radius 2 is 1.86 bits per heavy atom. The smallest absolute Gasteiger partial charge is 0.143 e. The van der Waals surface area contributed by atoms with Crippen LogP contribution >= 0.6 is 11.6 Å². The van der Waals surface area contributed by atoms with E-state index in [1.807, 2.05) is 37.4 Å². The molecule has 0 aliphatic rings. The van der Waals surface area contributed by atoms with Gasteiger partial charge in [-0.2, -0.15) is 0 Å². The van der Waals surface area contributed by atoms with Gasteiger partial charge in [0, 0.05) is 24.3 Å². The minimum atomic E-state index is 0.273. The van der Waals surface area contributed by atoms with Crippen molar-refractivity contribution < 1.29 is 0 Å². The molecule has 0 radical (unpaired) electrons. The van der Waals surface area contributed by atoms with E-state index in [4.69, 9.17) is 16.6 Å². The summed E-state index contributed by atoms with van der Waals surface area (Å²) in [5.41, 5.74) is 4.07. The molecule has 0 unspecified atom stereocenters. The number of hydrogen-bond donors (Lipinski definition) is 1. The van der Waals surface area contributed by atoms with Gasteiger partial charge in [0.05, 0.1) is 16.1 Å². The molecule has 3 aromatic rings. The Kier molecular flexibility index (Phi) is 3.60. The first-order valence-electron chi connectivity index (χ1n) is 7.07. The Morgan fingerprint density at radius 3 is 2.57 bits per heavy atom. The van der Waals surface area contributed by atoms with Crippen LogP contribution in [0.2, 0.25) is 5.02 Å². The van der Waals surface area contributed by atoms with Gasteiger partial charge in [-0.1, -0.05) is 29.8 Å². The van der Waals surface area contributed by atoms with E-state index in [2.05, 4.69) is 35.9 Å². The predicted octanol–water partition coefficient (Wildman–Crippen LogP) is 4.98. The van der Waals surface area contributed by atoms with Crippen molar-refractivity contribution in [2.75, 3.05) is 12.4 Å². The molecule has 1 N–H and O–H groups in total. The first-order chi connectivity index (χ1) is 10.1. The molecule has 1 aromatic heterocycles. The van der Waals surface area contributed by atoms with Gasteiger partial charge in [0.25, 0.3) is 0 Å². The van der Waals surface area contributed by atoms with Crippen LogP contribution in [0.5, 0.6) is 0 Å². The van der Waals surface area contributed by atoms with Gasteiger partial charge >= 0.3 is 0 Å². The number of aromatic nitrogens is 2. The highest BCUT2D eigenvalue weighted by Gasteiger charge is 2.18. The standard InChI is InChI=1S/C17H18ClN3/c1-11(2)21-16-13(18)8-6-10-15(16)20-17(21)12-7-4-5-9-14(12)19-3/h4-11,19H,1-3H3. The summed E-state index contributed by atoms with van der Waals surface area (Å²) < 4.78 is 2.20. The van der Waals surface area contributed by atoms with E-state index in [0.717, 1.165) is 33.1 Å². The molecule has 108 valence electrons. The van der Waals surface area contributed by atoms with Crippen molar-refractivity contribution >= 4 is 28.3 Å². The minimum absolute atomic E-state index is 0.273. The Balaban J connectivity index is 2.37. The zero-order chi connectivity index (χ0) is 15.0. The summed E-state index contributed by atoms with van der Waals surface area (Å²) in [5.74, 6) is 0.943. The third-order valence-corrected chi connectivity index (χ3v) is 3.92. The Labute approximate surface area is 129 Å². The summed E-state index contributed by atoms with van der Waals surface area (Å²) in [4.78, 5) is 4.81. The Morgan fingerprint density at radius 1 is 1.10 bits per heavy atom. The van der Waals surface area contributed by atoms with Gasteiger partial charge in [0.2, 0.25) is 0 Å². The summed E-state index contributed by atoms with van der Waals surface area (Å²) >= 11 is 6.40. The average molecular weight is 300 g/mol. The monoisotopic (exact) mass is 299 g/mol. The van der Waals surface area contributed by atoms with Crippen LogP contribution in [0.25, 0.3) is 22.4 Å². The summed E-state index contributed by atoms with van der Waals surface area (Å²) in [7, 11) is 1.92. The third kappa shape index (κ3) is 2.28. The van der Waals surface area contributed by atoms with E-state index in [1.54, 1.807) is 0 Å². The molecule has 0 aliphatic heterocycles. The molecule has 3 nitrogen and oxygen atoms in total. The van der Waals surface area contributed by atoms with Crippen molar-refractivity contribution in [3.63, 3.8) is 0 Å². The lowest BCUT2D eigenvalue weighted by molar-refractivity contribution is 0.624. The zero-order valence-corrected chi connectivity index (χ0v) is 13.1. The molecule has 1 heterocycles. The van der Waals surface area contributed by atoms with Crippen LogP contribution < -0.4 is 5.32 Å². The Bertz CT molecular complexity index is 790. The maximum Gasteiger partial charge on any atom is 0.143 e. The van der Waals surface area contributed by atoms with E-state index in [-0.39, 0.29) is 6.04 Å². The minimum Gasteiger partial charge on any atom is -0.388 e. The molecule has 0 aliphatic carbocycles. The van der Waals surface area contributed by atoms with Gasteiger partial charge < -0.3 is 9.88 Å². The quantitative estimate of drug-likeness (QED) is 0.739. The first kappa shape index (κ1) is 14.0. The number of rotatable bonds is 3. The number of anilines is 1. The van der Waals surface area contributed by atoms with E-state index < -0.39 is 0 Å². The van der Waals surface area contributed by atoms with Crippen molar-refractivity contribution in [1.82, 2.24) is 9.55 Å². The lowest BCUT2D eigenvalue weighted by Crippen LogP contribution is -2.04. The molecule has 0 saturated carbocycles. The fourth-order valence-electron chi connectivity index (χ4n) is 2.70. The summed E-state index contributed by atoms with van der Waals surface area (Å²) in [6.07, 6.45) is 0. The van der Waals surface area contributed by atoms with Crippen molar-refractivity contribution in [3.05, 3.63) is 47.5 Å². The largest absolute Gasteiger partial charge is 0.388 e. The fourth-order valence-corrected chi connectivity index (χ4v) is 2.96. The summed E-state index contributed by atoms with van der Waals surface area (Å²) in [6.45, 7) is 4.30. The van der Waals surface area contributed by atoms with Crippen LogP contribution in [-0.2, 0) is 0 Å². The van der Waals surface area contributed by atoms with E-state index in [1.165, 1.54) is 0 Å². The van der Waals surface area contributed by atoms with Gasteiger partial charge in [-0.15, -0.1) is 0 Å². The van der Waals surface area contributed by atoms with Crippen molar-refractivity contribution in [1.29, 1.82) is 0 Å². The average Bonchev–Trinajstić information content (AvgIpc) is 2.88. The second-order valence-corrected chi connectivity index (χ2v) is 5.71. The fraction of sp³-hybridized carbons (Fsp3) is 0.235. The molecule has 21 heavy (non-hydrogen) atoms. The van der Waals surface area contributed by atoms with E-state index in [0.29, 0.717) is 0 Å². The number of hydrogen-bond acceptors (Lipinski definition) is 2. The van der Waals surface area contributed by atoms with Crippen LogP contribution in [-0.4, -0.2) is 16.6 Å². The summed E-state index contributed by atoms with van der Waals surface area (Å²) in [6, 6.07) is 14.3. The van der Waals surface area contributed by atoms with Crippen molar-refractivity contribution in [2.24, 2.45) is 0 Å². The molecule has 4 heteroatoms. The van der Waals surface area contributed by atoms with Crippen LogP contribution in [0.15, 0.2) is 42.5 Å². The van der Waals surface area contributed by atoms with E-state index in [9.17, 15) is 0 Å². The number of halogens is 1.